The van der Waals surface area contributed by atoms with Crippen molar-refractivity contribution in [2.75, 3.05) is 26.9 Å². The maximum absolute atomic E-state index is 13.1. The van der Waals surface area contributed by atoms with Gasteiger partial charge in [0.25, 0.3) is 0 Å². The molecule has 48 heavy (non-hydrogen) atoms. The third-order valence-electron chi connectivity index (χ3n) is 8.29. The van der Waals surface area contributed by atoms with Gasteiger partial charge in [0.15, 0.2) is 12.6 Å². The van der Waals surface area contributed by atoms with Crippen molar-refractivity contribution in [2.45, 2.75) is 87.5 Å². The van der Waals surface area contributed by atoms with Crippen molar-refractivity contribution in [1.82, 2.24) is 0 Å². The van der Waals surface area contributed by atoms with E-state index in [0.29, 0.717) is 6.42 Å². The van der Waals surface area contributed by atoms with E-state index in [2.05, 4.69) is 0 Å². The molecule has 1 aromatic rings. The molecule has 3 aliphatic rings. The highest BCUT2D eigenvalue weighted by Gasteiger charge is 2.48. The third-order valence-corrected chi connectivity index (χ3v) is 8.29. The summed E-state index contributed by atoms with van der Waals surface area (Å²) >= 11 is 0. The van der Waals surface area contributed by atoms with E-state index in [4.69, 9.17) is 33.2 Å². The maximum Gasteiger partial charge on any atom is 0.337 e. The Morgan fingerprint density at radius 1 is 0.875 bits per heavy atom. The van der Waals surface area contributed by atoms with Crippen LogP contribution in [0.1, 0.15) is 18.9 Å². The third kappa shape index (κ3) is 8.68. The van der Waals surface area contributed by atoms with Crippen LogP contribution in [0.4, 0.5) is 0 Å². The maximum atomic E-state index is 13.1. The Hall–Kier alpha value is -3.20. The predicted molar refractivity (Wildman–Crippen MR) is 157 cm³/mol. The molecule has 0 amide bonds. The lowest BCUT2D eigenvalue weighted by atomic mass is 9.86. The minimum atomic E-state index is -1.75. The first-order chi connectivity index (χ1) is 22.9. The monoisotopic (exact) mass is 686 g/mol. The lowest BCUT2D eigenvalue weighted by Crippen LogP contribution is -2.60. The number of rotatable bonds is 12. The van der Waals surface area contributed by atoms with Crippen molar-refractivity contribution in [1.29, 1.82) is 0 Å². The Bertz CT molecular complexity index is 1280. The van der Waals surface area contributed by atoms with E-state index in [0.717, 1.165) is 18.9 Å². The number of aliphatic hydroxyl groups excluding tert-OH is 7. The minimum absolute atomic E-state index is 0.0483. The second-order valence-electron chi connectivity index (χ2n) is 11.4. The zero-order valence-electron chi connectivity index (χ0n) is 26.2. The smallest absolute Gasteiger partial charge is 0.337 e. The zero-order valence-corrected chi connectivity index (χ0v) is 26.2. The number of hydrogen-bond acceptors (Lipinski definition) is 17. The molecule has 0 radical (unpaired) electrons. The molecule has 2 saturated heterocycles. The average Bonchev–Trinajstić information content (AvgIpc) is 3.08. The lowest BCUT2D eigenvalue weighted by Gasteiger charge is -2.42. The van der Waals surface area contributed by atoms with Crippen LogP contribution in [0.5, 0.6) is 5.75 Å². The molecule has 4 rings (SSSR count). The number of esters is 2. The second-order valence-corrected chi connectivity index (χ2v) is 11.4. The van der Waals surface area contributed by atoms with Gasteiger partial charge in [0.2, 0.25) is 6.29 Å². The van der Waals surface area contributed by atoms with E-state index in [1.807, 2.05) is 0 Å². The summed E-state index contributed by atoms with van der Waals surface area (Å²) in [6.45, 7) is 0.335. The molecule has 3 aliphatic heterocycles. The van der Waals surface area contributed by atoms with E-state index >= 15 is 0 Å². The summed E-state index contributed by atoms with van der Waals surface area (Å²) in [6.07, 6.45) is -14.6. The lowest BCUT2D eigenvalue weighted by molar-refractivity contribution is -0.327. The highest BCUT2D eigenvalue weighted by Crippen LogP contribution is 2.36. The number of aromatic hydroxyl groups is 1. The van der Waals surface area contributed by atoms with Crippen molar-refractivity contribution in [3.05, 3.63) is 53.3 Å². The molecule has 0 saturated carbocycles. The van der Waals surface area contributed by atoms with Crippen LogP contribution in [-0.4, -0.2) is 147 Å². The number of ether oxygens (including phenoxy) is 7. The summed E-state index contributed by atoms with van der Waals surface area (Å²) in [4.78, 5) is 25.7. The number of phenols is 1. The molecule has 2 fully saturated rings. The normalized spacial score (nSPS) is 36.2. The van der Waals surface area contributed by atoms with Gasteiger partial charge in [-0.25, -0.2) is 4.79 Å². The summed E-state index contributed by atoms with van der Waals surface area (Å²) in [7, 11) is 1.12. The molecule has 8 N–H and O–H groups in total. The number of methoxy groups -OCH3 is 1. The standard InChI is InChI=1S/C31H42O17/c1-3-16-17(18(28(41)42-2)12-45-29(16)48-31-27(40)24(37)22(35)19(11-32)46-31)10-21(34)44-13-20-23(36)25(38)26(39)30(47-20)43-9-8-14-4-6-15(33)7-5-14/h3-7,12,17,19-20,22-27,29-33,35-40H,8-11,13H2,1-2H3/b16-3+/t17?,19-,20-,22+,23-,24+,25+,26-,27-,29?,30-,31?/m1/s1. The van der Waals surface area contributed by atoms with E-state index < -0.39 is 105 Å². The van der Waals surface area contributed by atoms with Crippen LogP contribution < -0.4 is 0 Å². The molecule has 12 atom stereocenters. The molecule has 268 valence electrons. The minimum Gasteiger partial charge on any atom is -0.508 e. The molecular formula is C31H42O17. The number of carbonyl (C=O) groups is 2. The molecule has 0 aromatic heterocycles. The largest absolute Gasteiger partial charge is 0.508 e. The number of aliphatic hydroxyl groups is 7. The topological polar surface area (TPSA) is 261 Å². The molecule has 3 heterocycles. The van der Waals surface area contributed by atoms with Gasteiger partial charge in [-0.2, -0.15) is 0 Å². The number of benzene rings is 1. The van der Waals surface area contributed by atoms with Crippen molar-refractivity contribution < 1.29 is 83.6 Å². The van der Waals surface area contributed by atoms with E-state index in [1.165, 1.54) is 18.2 Å². The van der Waals surface area contributed by atoms with Crippen molar-refractivity contribution in [3.63, 3.8) is 0 Å². The molecule has 17 heteroatoms. The van der Waals surface area contributed by atoms with Gasteiger partial charge in [-0.15, -0.1) is 0 Å². The van der Waals surface area contributed by atoms with Gasteiger partial charge in [0, 0.05) is 11.5 Å². The van der Waals surface area contributed by atoms with Gasteiger partial charge < -0.3 is 74.0 Å². The molecule has 3 unspecified atom stereocenters. The first-order valence-electron chi connectivity index (χ1n) is 15.2. The first-order valence-corrected chi connectivity index (χ1v) is 15.2. The first kappa shape index (κ1) is 37.6. The van der Waals surface area contributed by atoms with Crippen LogP contribution in [0.3, 0.4) is 0 Å². The van der Waals surface area contributed by atoms with E-state index in [-0.39, 0.29) is 23.5 Å². The van der Waals surface area contributed by atoms with E-state index in [1.54, 1.807) is 19.1 Å². The van der Waals surface area contributed by atoms with Gasteiger partial charge in [-0.1, -0.05) is 18.2 Å². The molecule has 17 nitrogen and oxygen atoms in total. The number of carbonyl (C=O) groups excluding carboxylic acids is 2. The second kappa shape index (κ2) is 17.0. The van der Waals surface area contributed by atoms with Crippen LogP contribution >= 0.6 is 0 Å². The fourth-order valence-corrected chi connectivity index (χ4v) is 5.47. The fraction of sp³-hybridized carbons (Fsp3) is 0.613. The summed E-state index contributed by atoms with van der Waals surface area (Å²) in [5, 5.41) is 80.8. The Kier molecular flexibility index (Phi) is 13.3. The van der Waals surface area contributed by atoms with Gasteiger partial charge in [-0.3, -0.25) is 4.79 Å². The Morgan fingerprint density at radius 3 is 2.12 bits per heavy atom. The molecular weight excluding hydrogens is 644 g/mol. The quantitative estimate of drug-likeness (QED) is 0.0834. The van der Waals surface area contributed by atoms with Gasteiger partial charge >= 0.3 is 11.9 Å². The van der Waals surface area contributed by atoms with Crippen LogP contribution in [0, 0.1) is 5.92 Å². The summed E-state index contributed by atoms with van der Waals surface area (Å²) < 4.78 is 38.0. The van der Waals surface area contributed by atoms with Crippen LogP contribution in [0.25, 0.3) is 0 Å². The number of phenolic OH excluding ortho intramolecular Hbond substituents is 1. The number of allylic oxidation sites excluding steroid dienone is 1. The Balaban J connectivity index is 1.39. The molecule has 1 aromatic carbocycles. The summed E-state index contributed by atoms with van der Waals surface area (Å²) in [5.41, 5.74) is 0.922. The van der Waals surface area contributed by atoms with Gasteiger partial charge in [0.1, 0.15) is 61.2 Å². The predicted octanol–water partition coefficient (Wildman–Crippen LogP) is -2.52. The highest BCUT2D eigenvalue weighted by molar-refractivity contribution is 5.90. The van der Waals surface area contributed by atoms with Crippen LogP contribution in [0.2, 0.25) is 0 Å². The van der Waals surface area contributed by atoms with Crippen LogP contribution in [0.15, 0.2) is 47.7 Å². The van der Waals surface area contributed by atoms with Crippen LogP contribution in [-0.2, 0) is 49.2 Å². The fourth-order valence-electron chi connectivity index (χ4n) is 5.47. The summed E-state index contributed by atoms with van der Waals surface area (Å²) in [5.74, 6) is -2.69. The zero-order chi connectivity index (χ0) is 35.1. The van der Waals surface area contributed by atoms with E-state index in [9.17, 15) is 50.4 Å². The van der Waals surface area contributed by atoms with Crippen molar-refractivity contribution in [2.24, 2.45) is 5.92 Å². The Labute approximate surface area is 275 Å². The molecule has 0 spiro atoms. The highest BCUT2D eigenvalue weighted by atomic mass is 16.8. The van der Waals surface area contributed by atoms with Gasteiger partial charge in [-0.05, 0) is 31.0 Å². The average molecular weight is 687 g/mol. The SMILES string of the molecule is C/C=C1/C(OC2O[C@H](CO)[C@H](O)[C@H](O)[C@H]2O)OC=C(C(=O)OC)C1CC(=O)OC[C@H]1O[C@@H](OCCc2ccc(O)cc2)[C@H](O)[C@@H](O)[C@@H]1O. The number of hydrogen-bond donors (Lipinski definition) is 8. The van der Waals surface area contributed by atoms with Gasteiger partial charge in [0.05, 0.1) is 38.6 Å². The Morgan fingerprint density at radius 2 is 1.50 bits per heavy atom. The molecule has 0 aliphatic carbocycles. The molecule has 0 bridgehead atoms. The van der Waals surface area contributed by atoms with Crippen molar-refractivity contribution >= 4 is 11.9 Å². The summed E-state index contributed by atoms with van der Waals surface area (Å²) in [6, 6.07) is 6.37. The van der Waals surface area contributed by atoms with Crippen molar-refractivity contribution in [3.8, 4) is 5.75 Å².